The van der Waals surface area contributed by atoms with E-state index in [-0.39, 0.29) is 46.6 Å². The van der Waals surface area contributed by atoms with Gasteiger partial charge in [0.05, 0.1) is 24.4 Å². The van der Waals surface area contributed by atoms with Crippen molar-refractivity contribution in [2.24, 2.45) is 0 Å². The number of aliphatic hydroxyl groups excluding tert-OH is 1. The number of phenolic OH excluding ortho intramolecular Hbond substituents is 1. The van der Waals surface area contributed by atoms with E-state index in [2.05, 4.69) is 0 Å². The summed E-state index contributed by atoms with van der Waals surface area (Å²) < 4.78 is 5.00. The Bertz CT molecular complexity index is 728. The molecule has 0 spiro atoms. The van der Waals surface area contributed by atoms with Crippen LogP contribution in [0.15, 0.2) is 23.3 Å². The monoisotopic (exact) mass is 304 g/mol. The van der Waals surface area contributed by atoms with Crippen LogP contribution in [0, 0.1) is 0 Å². The number of hydrogen-bond acceptors (Lipinski definition) is 6. The fourth-order valence-electron chi connectivity index (χ4n) is 3.19. The molecular formula is C16H16O6. The van der Waals surface area contributed by atoms with Crippen molar-refractivity contribution in [3.63, 3.8) is 0 Å². The van der Waals surface area contributed by atoms with Crippen molar-refractivity contribution < 1.29 is 29.6 Å². The van der Waals surface area contributed by atoms with Gasteiger partial charge in [-0.15, -0.1) is 0 Å². The highest BCUT2D eigenvalue weighted by Gasteiger charge is 2.44. The highest BCUT2D eigenvalue weighted by atomic mass is 16.5. The maximum Gasteiger partial charge on any atom is 0.196 e. The predicted molar refractivity (Wildman–Crippen MR) is 76.2 cm³/mol. The van der Waals surface area contributed by atoms with Gasteiger partial charge in [-0.3, -0.25) is 9.59 Å². The van der Waals surface area contributed by atoms with Crippen molar-refractivity contribution in [2.45, 2.75) is 31.5 Å². The molecule has 0 radical (unpaired) electrons. The minimum absolute atomic E-state index is 0.0125. The number of carbonyl (C=O) groups is 2. The molecule has 2 aliphatic carbocycles. The number of aromatic hydroxyl groups is 1. The second-order valence-electron chi connectivity index (χ2n) is 6.01. The molecule has 116 valence electrons. The number of hydrogen-bond donors (Lipinski definition) is 3. The summed E-state index contributed by atoms with van der Waals surface area (Å²) in [6.07, 6.45) is -1.27. The lowest BCUT2D eigenvalue weighted by atomic mass is 9.71. The van der Waals surface area contributed by atoms with Crippen molar-refractivity contribution in [1.82, 2.24) is 0 Å². The van der Waals surface area contributed by atoms with Crippen LogP contribution in [0.4, 0.5) is 0 Å². The molecule has 0 saturated carbocycles. The molecule has 1 aromatic rings. The predicted octanol–water partition coefficient (Wildman–Crippen LogP) is 0.982. The molecule has 6 heteroatoms. The second kappa shape index (κ2) is 4.66. The standard InChI is InChI=1S/C16H16O6/c1-16(21)5-9-13(11(18)6-16)15(20)12-8(14(9)19)3-7(22-2)4-10(12)17/h3-4,11,17-18,21H,5-6H2,1-2H3/t11-,16+/m0/s1. The molecule has 3 N–H and O–H groups in total. The van der Waals surface area contributed by atoms with Gasteiger partial charge in [0.15, 0.2) is 11.6 Å². The van der Waals surface area contributed by atoms with E-state index in [1.54, 1.807) is 0 Å². The number of ether oxygens (including phenoxy) is 1. The first-order valence-electron chi connectivity index (χ1n) is 6.89. The highest BCUT2D eigenvalue weighted by Crippen LogP contribution is 2.42. The smallest absolute Gasteiger partial charge is 0.196 e. The number of benzene rings is 1. The van der Waals surface area contributed by atoms with Crippen molar-refractivity contribution in [3.8, 4) is 11.5 Å². The zero-order valence-corrected chi connectivity index (χ0v) is 12.2. The van der Waals surface area contributed by atoms with Crippen LogP contribution < -0.4 is 4.74 Å². The van der Waals surface area contributed by atoms with Gasteiger partial charge in [-0.25, -0.2) is 0 Å². The number of aliphatic hydroxyl groups is 2. The lowest BCUT2D eigenvalue weighted by Gasteiger charge is -2.36. The average Bonchev–Trinajstić information content (AvgIpc) is 2.42. The number of fused-ring (bicyclic) bond motifs is 1. The molecule has 2 aliphatic rings. The van der Waals surface area contributed by atoms with Crippen molar-refractivity contribution in [3.05, 3.63) is 34.4 Å². The number of ketones is 2. The maximum atomic E-state index is 12.7. The molecule has 0 heterocycles. The van der Waals surface area contributed by atoms with Gasteiger partial charge in [0.2, 0.25) is 0 Å². The van der Waals surface area contributed by atoms with Gasteiger partial charge in [0.25, 0.3) is 0 Å². The summed E-state index contributed by atoms with van der Waals surface area (Å²) in [5, 5.41) is 30.3. The molecule has 0 bridgehead atoms. The van der Waals surface area contributed by atoms with Crippen molar-refractivity contribution >= 4 is 11.6 Å². The molecule has 0 saturated heterocycles. The molecule has 0 unspecified atom stereocenters. The molecule has 0 aromatic heterocycles. The van der Waals surface area contributed by atoms with E-state index in [9.17, 15) is 24.9 Å². The minimum atomic E-state index is -1.26. The van der Waals surface area contributed by atoms with Crippen LogP contribution >= 0.6 is 0 Å². The van der Waals surface area contributed by atoms with E-state index >= 15 is 0 Å². The Morgan fingerprint density at radius 1 is 1.27 bits per heavy atom. The summed E-state index contributed by atoms with van der Waals surface area (Å²) in [7, 11) is 1.39. The largest absolute Gasteiger partial charge is 0.507 e. The van der Waals surface area contributed by atoms with Crippen LogP contribution in [0.25, 0.3) is 0 Å². The Morgan fingerprint density at radius 3 is 2.59 bits per heavy atom. The van der Waals surface area contributed by atoms with Crippen LogP contribution in [0.1, 0.15) is 40.5 Å². The first kappa shape index (κ1) is 14.7. The summed E-state index contributed by atoms with van der Waals surface area (Å²) in [6.45, 7) is 1.51. The van der Waals surface area contributed by atoms with E-state index in [1.807, 2.05) is 0 Å². The van der Waals surface area contributed by atoms with E-state index in [0.29, 0.717) is 0 Å². The van der Waals surface area contributed by atoms with E-state index < -0.39 is 23.3 Å². The number of phenols is 1. The van der Waals surface area contributed by atoms with Crippen LogP contribution in [-0.4, -0.2) is 45.7 Å². The third-order valence-electron chi connectivity index (χ3n) is 4.17. The molecule has 2 atom stereocenters. The van der Waals surface area contributed by atoms with Gasteiger partial charge < -0.3 is 20.1 Å². The van der Waals surface area contributed by atoms with Crippen LogP contribution in [0.2, 0.25) is 0 Å². The second-order valence-corrected chi connectivity index (χ2v) is 6.01. The lowest BCUT2D eigenvalue weighted by Crippen LogP contribution is -2.42. The van der Waals surface area contributed by atoms with Gasteiger partial charge in [-0.2, -0.15) is 0 Å². The Balaban J connectivity index is 2.23. The summed E-state index contributed by atoms with van der Waals surface area (Å²) in [4.78, 5) is 25.2. The van der Waals surface area contributed by atoms with Gasteiger partial charge in [0, 0.05) is 35.6 Å². The molecule has 0 aliphatic heterocycles. The molecule has 1 aromatic carbocycles. The van der Waals surface area contributed by atoms with Crippen molar-refractivity contribution in [2.75, 3.05) is 7.11 Å². The fourth-order valence-corrected chi connectivity index (χ4v) is 3.19. The third kappa shape index (κ3) is 2.03. The van der Waals surface area contributed by atoms with Crippen LogP contribution in [0.5, 0.6) is 11.5 Å². The summed E-state index contributed by atoms with van der Waals surface area (Å²) in [5.41, 5.74) is -1.26. The topological polar surface area (TPSA) is 104 Å². The summed E-state index contributed by atoms with van der Waals surface area (Å²) in [5.74, 6) is -1.15. The zero-order valence-electron chi connectivity index (χ0n) is 12.2. The highest BCUT2D eigenvalue weighted by molar-refractivity contribution is 6.28. The fraction of sp³-hybridized carbons (Fsp3) is 0.375. The van der Waals surface area contributed by atoms with Crippen LogP contribution in [-0.2, 0) is 0 Å². The molecule has 0 amide bonds. The molecule has 3 rings (SSSR count). The Hall–Kier alpha value is -2.18. The Labute approximate surface area is 126 Å². The SMILES string of the molecule is COc1cc(O)c2c(c1)C(=O)C1=C(C2=O)[C@@H](O)C[C@](C)(O)C1. The average molecular weight is 304 g/mol. The third-order valence-corrected chi connectivity index (χ3v) is 4.17. The zero-order chi connectivity index (χ0) is 16.2. The minimum Gasteiger partial charge on any atom is -0.507 e. The number of carbonyl (C=O) groups excluding carboxylic acids is 2. The lowest BCUT2D eigenvalue weighted by molar-refractivity contribution is 0.00377. The number of methoxy groups -OCH3 is 1. The van der Waals surface area contributed by atoms with Gasteiger partial charge in [-0.05, 0) is 13.0 Å². The Morgan fingerprint density at radius 2 is 1.95 bits per heavy atom. The Kier molecular flexibility index (Phi) is 3.12. The first-order chi connectivity index (χ1) is 10.2. The van der Waals surface area contributed by atoms with Gasteiger partial charge in [0.1, 0.15) is 11.5 Å². The molecule has 6 nitrogen and oxygen atoms in total. The summed E-state index contributed by atoms with van der Waals surface area (Å²) in [6, 6.07) is 2.63. The maximum absolute atomic E-state index is 12.7. The quantitative estimate of drug-likeness (QED) is 0.714. The van der Waals surface area contributed by atoms with E-state index in [1.165, 1.54) is 26.2 Å². The van der Waals surface area contributed by atoms with Gasteiger partial charge >= 0.3 is 0 Å². The van der Waals surface area contributed by atoms with Crippen molar-refractivity contribution in [1.29, 1.82) is 0 Å². The summed E-state index contributed by atoms with van der Waals surface area (Å²) >= 11 is 0. The van der Waals surface area contributed by atoms with E-state index in [4.69, 9.17) is 4.74 Å². The molecule has 0 fully saturated rings. The van der Waals surface area contributed by atoms with Crippen LogP contribution in [0.3, 0.4) is 0 Å². The van der Waals surface area contributed by atoms with Gasteiger partial charge in [-0.1, -0.05) is 0 Å². The first-order valence-corrected chi connectivity index (χ1v) is 6.89. The molecular weight excluding hydrogens is 288 g/mol. The van der Waals surface area contributed by atoms with E-state index in [0.717, 1.165) is 0 Å². The number of Topliss-reactive ketones (excluding diaryl/α,β-unsaturated/α-hetero) is 2. The normalized spacial score (nSPS) is 27.5. The number of rotatable bonds is 1. The molecule has 22 heavy (non-hydrogen) atoms.